The van der Waals surface area contributed by atoms with Crippen LogP contribution in [0.5, 0.6) is 6.01 Å². The van der Waals surface area contributed by atoms with E-state index < -0.39 is 47.1 Å². The van der Waals surface area contributed by atoms with Gasteiger partial charge < -0.3 is 31.3 Å². The fraction of sp³-hybridized carbons (Fsp3) is 0.500. The maximum Gasteiger partial charge on any atom is 0.422 e. The number of carbonyl (C=O) groups is 2. The molecule has 5 saturated carbocycles. The van der Waals surface area contributed by atoms with Crippen LogP contribution in [0.4, 0.5) is 42.1 Å². The van der Waals surface area contributed by atoms with Crippen molar-refractivity contribution >= 4 is 58.6 Å². The van der Waals surface area contributed by atoms with Gasteiger partial charge in [0.05, 0.1) is 5.54 Å². The molecule has 4 bridgehead atoms. The molecule has 7 atom stereocenters. The van der Waals surface area contributed by atoms with Gasteiger partial charge in [-0.2, -0.15) is 28.1 Å². The number of rotatable bonds is 17. The molecule has 5 fully saturated rings. The van der Waals surface area contributed by atoms with Crippen LogP contribution in [0.3, 0.4) is 0 Å². The van der Waals surface area contributed by atoms with Crippen LogP contribution in [-0.4, -0.2) is 64.4 Å². The number of nitrogens with one attached hydrogen (secondary N) is 5. The minimum atomic E-state index is -4.63. The number of nitrogens with zero attached hydrogens (tertiary/aromatic N) is 4. The Balaban J connectivity index is 0.865. The molecule has 4 aromatic rings. The first-order chi connectivity index (χ1) is 29.8. The third-order valence-electron chi connectivity index (χ3n) is 13.4. The summed E-state index contributed by atoms with van der Waals surface area (Å²) in [6, 6.07) is 11.9. The molecular formula is C44H47ClF3N9O5. The van der Waals surface area contributed by atoms with Gasteiger partial charge in [0.1, 0.15) is 17.4 Å². The second kappa shape index (κ2) is 16.9. The second-order valence-electron chi connectivity index (χ2n) is 17.6. The molecule has 3 aromatic carbocycles. The lowest BCUT2D eigenvalue weighted by atomic mass is 9.90. The van der Waals surface area contributed by atoms with E-state index in [2.05, 4.69) is 46.5 Å². The van der Waals surface area contributed by atoms with E-state index in [4.69, 9.17) is 16.3 Å². The van der Waals surface area contributed by atoms with Gasteiger partial charge in [-0.15, -0.1) is 0 Å². The molecule has 2 amide bonds. The average molecular weight is 874 g/mol. The summed E-state index contributed by atoms with van der Waals surface area (Å²) in [7, 11) is 0. The number of amides is 2. The number of aromatic nitrogens is 3. The number of carbonyl (C=O) groups excluding carboxylic acids is 2. The number of alkyl halides is 3. The highest BCUT2D eigenvalue weighted by Crippen LogP contribution is 2.49. The van der Waals surface area contributed by atoms with Crippen molar-refractivity contribution in [2.24, 2.45) is 34.6 Å². The molecule has 326 valence electrons. The van der Waals surface area contributed by atoms with Crippen molar-refractivity contribution in [3.8, 4) is 6.01 Å². The minimum Gasteiger partial charge on any atom is -0.454 e. The summed E-state index contributed by atoms with van der Waals surface area (Å²) in [6.07, 6.45) is 7.60. The Labute approximate surface area is 360 Å². The molecule has 0 spiro atoms. The third kappa shape index (κ3) is 9.27. The second-order valence-corrected chi connectivity index (χ2v) is 18.1. The molecule has 9 rings (SSSR count). The van der Waals surface area contributed by atoms with Crippen molar-refractivity contribution in [2.75, 3.05) is 29.1 Å². The van der Waals surface area contributed by atoms with Gasteiger partial charge in [0.25, 0.3) is 16.8 Å². The standard InChI is InChI=1S/C44H47ClF3N9O5/c45-30-9-7-29(8-10-30)43(14-15-43)57-41-54-40(55-42(56-41)62-22-44(46,47)48)51-31-11-5-25(6-12-31)38(60)52-32(39(61)53-33-20-24-2-4-27(33)18-24)13-16-49-34-35(37(59)36(34)58)50-21-28-19-23-1-3-26(28)17-23/h5-12,21,23-24,26-28,32-33,49H,1-4,13-20,22H2,(H,52,60)(H,53,61)(H2,51,54,55,56,57)/b50-21+/t23-,24-,26+,27+,28?,32-,33+/m0/s1. The lowest BCUT2D eigenvalue weighted by Gasteiger charge is -2.26. The largest absolute Gasteiger partial charge is 0.454 e. The Bertz CT molecular complexity index is 2420. The fourth-order valence-electron chi connectivity index (χ4n) is 9.98. The van der Waals surface area contributed by atoms with Gasteiger partial charge in [0.2, 0.25) is 17.8 Å². The number of aliphatic imine (C=N–C) groups is 1. The van der Waals surface area contributed by atoms with Crippen molar-refractivity contribution in [1.82, 2.24) is 25.6 Å². The van der Waals surface area contributed by atoms with Gasteiger partial charge in [-0.25, -0.2) is 0 Å². The van der Waals surface area contributed by atoms with Crippen molar-refractivity contribution < 1.29 is 27.5 Å². The first-order valence-electron chi connectivity index (χ1n) is 21.4. The molecule has 5 aliphatic carbocycles. The average Bonchev–Trinajstić information content (AvgIpc) is 3.65. The van der Waals surface area contributed by atoms with E-state index in [1.807, 2.05) is 18.3 Å². The van der Waals surface area contributed by atoms with Crippen LogP contribution in [0.1, 0.15) is 86.6 Å². The first kappa shape index (κ1) is 41.8. The van der Waals surface area contributed by atoms with E-state index in [0.29, 0.717) is 40.3 Å². The Morgan fingerprint density at radius 1 is 0.887 bits per heavy atom. The van der Waals surface area contributed by atoms with E-state index >= 15 is 0 Å². The predicted octanol–water partition coefficient (Wildman–Crippen LogP) is 6.95. The van der Waals surface area contributed by atoms with Crippen molar-refractivity contribution in [3.05, 3.63) is 85.1 Å². The Morgan fingerprint density at radius 3 is 2.24 bits per heavy atom. The van der Waals surface area contributed by atoms with E-state index in [9.17, 15) is 32.3 Å². The van der Waals surface area contributed by atoms with E-state index in [1.165, 1.54) is 25.0 Å². The summed E-state index contributed by atoms with van der Waals surface area (Å²) in [5, 5.41) is 15.8. The summed E-state index contributed by atoms with van der Waals surface area (Å²) in [6.45, 7) is -1.48. The maximum atomic E-state index is 13.8. The summed E-state index contributed by atoms with van der Waals surface area (Å²) in [5.74, 6) is 1.62. The smallest absolute Gasteiger partial charge is 0.422 e. The van der Waals surface area contributed by atoms with E-state index in [0.717, 1.165) is 56.9 Å². The van der Waals surface area contributed by atoms with Gasteiger partial charge in [0.15, 0.2) is 6.61 Å². The summed E-state index contributed by atoms with van der Waals surface area (Å²) in [5.41, 5.74) is -0.0435. The number of halogens is 4. The molecule has 0 radical (unpaired) electrons. The normalized spacial score (nSPS) is 24.9. The molecule has 0 saturated heterocycles. The van der Waals surface area contributed by atoms with Crippen LogP contribution in [0.2, 0.25) is 5.02 Å². The molecule has 1 heterocycles. The molecule has 0 aliphatic heterocycles. The lowest BCUT2D eigenvalue weighted by Crippen LogP contribution is -2.51. The number of hydrogen-bond donors (Lipinski definition) is 5. The van der Waals surface area contributed by atoms with Gasteiger partial charge in [-0.1, -0.05) is 36.6 Å². The van der Waals surface area contributed by atoms with Gasteiger partial charge in [0, 0.05) is 35.1 Å². The first-order valence-corrected chi connectivity index (χ1v) is 21.7. The summed E-state index contributed by atoms with van der Waals surface area (Å²) >= 11 is 6.07. The molecule has 62 heavy (non-hydrogen) atoms. The molecule has 5 N–H and O–H groups in total. The topological polar surface area (TPSA) is 189 Å². The van der Waals surface area contributed by atoms with Crippen LogP contribution >= 0.6 is 11.6 Å². The van der Waals surface area contributed by atoms with Crippen LogP contribution in [0, 0.1) is 29.6 Å². The Hall–Kier alpha value is -5.58. The summed E-state index contributed by atoms with van der Waals surface area (Å²) < 4.78 is 44.2. The lowest BCUT2D eigenvalue weighted by molar-refractivity contribution is -0.154. The SMILES string of the molecule is O=C(N[C@@H](CCNc1c(/N=C/C2C[C@H]3CC[C@@H]2C3)c(=O)c1=O)C(=O)N[C@@H]1C[C@H]2CC[C@@H]1C2)c1ccc(Nc2nc(NC3(c4ccc(Cl)cc4)CC3)nc(OCC(F)(F)F)n2)cc1. The molecule has 5 aliphatic rings. The fourth-order valence-corrected chi connectivity index (χ4v) is 10.1. The third-order valence-corrected chi connectivity index (χ3v) is 13.6. The van der Waals surface area contributed by atoms with Crippen LogP contribution < -0.4 is 42.2 Å². The zero-order valence-corrected chi connectivity index (χ0v) is 34.5. The molecule has 1 aromatic heterocycles. The highest BCUT2D eigenvalue weighted by Gasteiger charge is 2.45. The Morgan fingerprint density at radius 2 is 1.60 bits per heavy atom. The van der Waals surface area contributed by atoms with E-state index in [1.54, 1.807) is 24.3 Å². The number of ether oxygens (including phenoxy) is 1. The zero-order valence-electron chi connectivity index (χ0n) is 33.8. The number of benzene rings is 2. The van der Waals surface area contributed by atoms with E-state index in [-0.39, 0.29) is 53.7 Å². The molecule has 14 nitrogen and oxygen atoms in total. The summed E-state index contributed by atoms with van der Waals surface area (Å²) in [4.78, 5) is 69.5. The highest BCUT2D eigenvalue weighted by molar-refractivity contribution is 6.30. The molecular weight excluding hydrogens is 827 g/mol. The zero-order chi connectivity index (χ0) is 43.2. The van der Waals surface area contributed by atoms with Crippen molar-refractivity contribution in [3.63, 3.8) is 0 Å². The van der Waals surface area contributed by atoms with Crippen molar-refractivity contribution in [2.45, 2.75) is 94.4 Å². The number of hydrogen-bond acceptors (Lipinski definition) is 12. The highest BCUT2D eigenvalue weighted by atomic mass is 35.5. The van der Waals surface area contributed by atoms with Crippen molar-refractivity contribution in [1.29, 1.82) is 0 Å². The maximum absolute atomic E-state index is 13.8. The number of anilines is 4. The predicted molar refractivity (Wildman–Crippen MR) is 227 cm³/mol. The molecule has 18 heteroatoms. The quantitative estimate of drug-likeness (QED) is 0.0546. The van der Waals surface area contributed by atoms with Crippen LogP contribution in [0.15, 0.2) is 63.1 Å². The van der Waals surface area contributed by atoms with Gasteiger partial charge in [-0.3, -0.25) is 24.2 Å². The van der Waals surface area contributed by atoms with Crippen LogP contribution in [0.25, 0.3) is 0 Å². The molecule has 1 unspecified atom stereocenters. The van der Waals surface area contributed by atoms with Crippen LogP contribution in [-0.2, 0) is 10.3 Å². The van der Waals surface area contributed by atoms with Gasteiger partial charge in [-0.05, 0) is 129 Å². The minimum absolute atomic E-state index is 0.00316. The monoisotopic (exact) mass is 873 g/mol. The Kier molecular flexibility index (Phi) is 11.4. The number of fused-ring (bicyclic) bond motifs is 4. The van der Waals surface area contributed by atoms with Gasteiger partial charge >= 0.3 is 12.2 Å².